The predicted octanol–water partition coefficient (Wildman–Crippen LogP) is 3.10. The van der Waals surface area contributed by atoms with Crippen LogP contribution < -0.4 is 10.7 Å². The van der Waals surface area contributed by atoms with Gasteiger partial charge in [-0.2, -0.15) is 5.10 Å². The van der Waals surface area contributed by atoms with Crippen LogP contribution in [-0.4, -0.2) is 24.2 Å². The van der Waals surface area contributed by atoms with Gasteiger partial charge >= 0.3 is 0 Å². The number of rotatable bonds is 4. The summed E-state index contributed by atoms with van der Waals surface area (Å²) in [7, 11) is 1.89. The zero-order valence-corrected chi connectivity index (χ0v) is 15.4. The normalized spacial score (nSPS) is 10.6. The van der Waals surface area contributed by atoms with Crippen LogP contribution in [0.25, 0.3) is 0 Å². The predicted molar refractivity (Wildman–Crippen MR) is 101 cm³/mol. The number of hydrogen-bond acceptors (Lipinski definition) is 4. The Morgan fingerprint density at radius 1 is 1.33 bits per heavy atom. The third kappa shape index (κ3) is 4.37. The van der Waals surface area contributed by atoms with Crippen molar-refractivity contribution in [2.24, 2.45) is 5.10 Å². The summed E-state index contributed by atoms with van der Waals surface area (Å²) < 4.78 is 2.20. The molecule has 0 saturated carbocycles. The lowest BCUT2D eigenvalue weighted by Crippen LogP contribution is -2.17. The van der Waals surface area contributed by atoms with E-state index in [1.54, 1.807) is 24.5 Å². The molecular weight excluding hydrogens is 494 g/mol. The smallest absolute Gasteiger partial charge is 0.272 e. The first-order valence-corrected chi connectivity index (χ1v) is 8.18. The topological polar surface area (TPSA) is 66.4 Å². The third-order valence-electron chi connectivity index (χ3n) is 2.62. The average molecular weight is 506 g/mol. The minimum atomic E-state index is -0.282. The minimum absolute atomic E-state index is 0.282. The van der Waals surface area contributed by atoms with Crippen LogP contribution >= 0.6 is 45.2 Å². The van der Waals surface area contributed by atoms with E-state index in [0.29, 0.717) is 5.56 Å². The van der Waals surface area contributed by atoms with Crippen molar-refractivity contribution in [3.8, 4) is 0 Å². The molecule has 0 unspecified atom stereocenters. The van der Waals surface area contributed by atoms with Crippen LogP contribution in [0.3, 0.4) is 0 Å². The van der Waals surface area contributed by atoms with Crippen LogP contribution in [0.2, 0.25) is 0 Å². The van der Waals surface area contributed by atoms with E-state index in [4.69, 9.17) is 0 Å². The van der Waals surface area contributed by atoms with Crippen molar-refractivity contribution >= 4 is 63.0 Å². The Morgan fingerprint density at radius 2 is 2.05 bits per heavy atom. The molecule has 0 aliphatic rings. The number of carbonyl (C=O) groups is 1. The molecule has 0 atom stereocenters. The number of halogens is 2. The number of benzene rings is 1. The Balaban J connectivity index is 2.07. The molecule has 0 aliphatic carbocycles. The number of nitrogens with one attached hydrogen (secondary N) is 2. The first-order chi connectivity index (χ1) is 10.1. The number of anilines is 1. The Bertz CT molecular complexity index is 651. The number of nitrogens with zero attached hydrogens (tertiary/aromatic N) is 2. The van der Waals surface area contributed by atoms with Crippen molar-refractivity contribution in [1.82, 2.24) is 10.4 Å². The second kappa shape index (κ2) is 7.69. The van der Waals surface area contributed by atoms with E-state index in [0.717, 1.165) is 18.4 Å². The molecule has 2 N–H and O–H groups in total. The van der Waals surface area contributed by atoms with Gasteiger partial charge in [0.15, 0.2) is 0 Å². The summed E-state index contributed by atoms with van der Waals surface area (Å²) in [5.41, 5.74) is 4.98. The number of hydrogen-bond donors (Lipinski definition) is 2. The zero-order chi connectivity index (χ0) is 15.2. The van der Waals surface area contributed by atoms with Crippen molar-refractivity contribution in [2.75, 3.05) is 12.4 Å². The number of hydrazone groups is 1. The molecule has 21 heavy (non-hydrogen) atoms. The van der Waals surface area contributed by atoms with E-state index in [-0.39, 0.29) is 5.91 Å². The van der Waals surface area contributed by atoms with Crippen molar-refractivity contribution in [2.45, 2.75) is 0 Å². The van der Waals surface area contributed by atoms with Crippen LogP contribution in [0.1, 0.15) is 15.9 Å². The van der Waals surface area contributed by atoms with Gasteiger partial charge < -0.3 is 5.32 Å². The lowest BCUT2D eigenvalue weighted by Gasteiger charge is -2.07. The molecule has 0 radical (unpaired) electrons. The van der Waals surface area contributed by atoms with Crippen molar-refractivity contribution < 1.29 is 4.79 Å². The largest absolute Gasteiger partial charge is 0.386 e. The van der Waals surface area contributed by atoms with Gasteiger partial charge in [-0.1, -0.05) is 0 Å². The lowest BCUT2D eigenvalue weighted by atomic mass is 10.2. The summed E-state index contributed by atoms with van der Waals surface area (Å²) in [5, 5.41) is 7.13. The second-order valence-electron chi connectivity index (χ2n) is 4.05. The van der Waals surface area contributed by atoms with Gasteiger partial charge in [-0.05, 0) is 75.0 Å². The van der Waals surface area contributed by atoms with Gasteiger partial charge in [0, 0.05) is 26.6 Å². The summed E-state index contributed by atoms with van der Waals surface area (Å²) in [6.45, 7) is 0. The van der Waals surface area contributed by atoms with Crippen molar-refractivity contribution in [3.63, 3.8) is 0 Å². The summed E-state index contributed by atoms with van der Waals surface area (Å²) in [6, 6.07) is 7.38. The molecule has 1 amide bonds. The monoisotopic (exact) mass is 506 g/mol. The molecular formula is C14H12I2N4O. The Kier molecular flexibility index (Phi) is 5.91. The van der Waals surface area contributed by atoms with Gasteiger partial charge in [-0.25, -0.2) is 5.43 Å². The Labute approximate surface area is 149 Å². The van der Waals surface area contributed by atoms with Crippen LogP contribution in [-0.2, 0) is 0 Å². The maximum absolute atomic E-state index is 11.8. The average Bonchev–Trinajstić information content (AvgIpc) is 2.48. The summed E-state index contributed by atoms with van der Waals surface area (Å²) in [4.78, 5) is 15.7. The van der Waals surface area contributed by atoms with E-state index >= 15 is 0 Å². The highest BCUT2D eigenvalue weighted by atomic mass is 127. The molecule has 108 valence electrons. The highest BCUT2D eigenvalue weighted by Gasteiger charge is 2.05. The van der Waals surface area contributed by atoms with Crippen LogP contribution in [0.4, 0.5) is 5.69 Å². The molecule has 7 heteroatoms. The third-order valence-corrected chi connectivity index (χ3v) is 4.32. The van der Waals surface area contributed by atoms with E-state index in [1.807, 2.05) is 19.2 Å². The standard InChI is InChI=1S/C14H12I2N4O/c1-17-13-11(15)5-9(6-12(13)16)7-19-20-14(21)10-3-2-4-18-8-10/h2-8,17H,1H3,(H,20,21)/b19-7-. The highest BCUT2D eigenvalue weighted by Crippen LogP contribution is 2.25. The van der Waals surface area contributed by atoms with Gasteiger partial charge in [0.25, 0.3) is 5.91 Å². The summed E-state index contributed by atoms with van der Waals surface area (Å²) in [5.74, 6) is -0.282. The van der Waals surface area contributed by atoms with Crippen molar-refractivity contribution in [3.05, 3.63) is 54.9 Å². The first kappa shape index (κ1) is 16.1. The molecule has 0 aliphatic heterocycles. The van der Waals surface area contributed by atoms with Gasteiger partial charge in [0.1, 0.15) is 0 Å². The Hall–Kier alpha value is -1.23. The molecule has 1 heterocycles. The number of carbonyl (C=O) groups excluding carboxylic acids is 1. The van der Waals surface area contributed by atoms with Crippen LogP contribution in [0.15, 0.2) is 41.8 Å². The number of pyridine rings is 1. The quantitative estimate of drug-likeness (QED) is 0.381. The molecule has 0 spiro atoms. The molecule has 5 nitrogen and oxygen atoms in total. The molecule has 0 saturated heterocycles. The van der Waals surface area contributed by atoms with E-state index < -0.39 is 0 Å². The first-order valence-electron chi connectivity index (χ1n) is 6.02. The highest BCUT2D eigenvalue weighted by molar-refractivity contribution is 14.1. The fourth-order valence-corrected chi connectivity index (χ4v) is 3.99. The minimum Gasteiger partial charge on any atom is -0.386 e. The SMILES string of the molecule is CNc1c(I)cc(/C=N\NC(=O)c2cccnc2)cc1I. The fourth-order valence-electron chi connectivity index (χ4n) is 1.63. The molecule has 2 rings (SSSR count). The van der Waals surface area contributed by atoms with Crippen molar-refractivity contribution in [1.29, 1.82) is 0 Å². The molecule has 1 aromatic carbocycles. The maximum Gasteiger partial charge on any atom is 0.272 e. The second-order valence-corrected chi connectivity index (χ2v) is 6.37. The van der Waals surface area contributed by atoms with Crippen LogP contribution in [0, 0.1) is 7.14 Å². The number of amides is 1. The molecule has 2 aromatic rings. The summed E-state index contributed by atoms with van der Waals surface area (Å²) in [6.07, 6.45) is 4.74. The maximum atomic E-state index is 11.8. The van der Waals surface area contributed by atoms with Crippen LogP contribution in [0.5, 0.6) is 0 Å². The summed E-state index contributed by atoms with van der Waals surface area (Å²) >= 11 is 4.52. The van der Waals surface area contributed by atoms with Gasteiger partial charge in [-0.15, -0.1) is 0 Å². The van der Waals surface area contributed by atoms with E-state index in [2.05, 4.69) is 66.0 Å². The Morgan fingerprint density at radius 3 is 2.62 bits per heavy atom. The van der Waals surface area contributed by atoms with Gasteiger partial charge in [0.2, 0.25) is 0 Å². The van der Waals surface area contributed by atoms with E-state index in [1.165, 1.54) is 6.20 Å². The molecule has 1 aromatic heterocycles. The van der Waals surface area contributed by atoms with Gasteiger partial charge in [0.05, 0.1) is 17.5 Å². The van der Waals surface area contributed by atoms with Gasteiger partial charge in [-0.3, -0.25) is 9.78 Å². The zero-order valence-electron chi connectivity index (χ0n) is 11.1. The van der Waals surface area contributed by atoms with E-state index in [9.17, 15) is 4.79 Å². The molecule has 0 bridgehead atoms. The molecule has 0 fully saturated rings. The lowest BCUT2D eigenvalue weighted by molar-refractivity contribution is 0.0955. The fraction of sp³-hybridized carbons (Fsp3) is 0.0714. The number of aromatic nitrogens is 1.